The van der Waals surface area contributed by atoms with Crippen molar-refractivity contribution in [1.29, 1.82) is 0 Å². The van der Waals surface area contributed by atoms with Crippen molar-refractivity contribution in [2.24, 2.45) is 0 Å². The topological polar surface area (TPSA) is 200 Å². The molecular formula is C12H23B4FN3O10P. The number of H-pyrrole nitrogens is 1. The number of halogens is 1. The van der Waals surface area contributed by atoms with Crippen molar-refractivity contribution in [3.63, 3.8) is 0 Å². The maximum absolute atomic E-state index is 15.6. The highest BCUT2D eigenvalue weighted by Gasteiger charge is 2.52. The third-order valence-electron chi connectivity index (χ3n) is 4.63. The van der Waals surface area contributed by atoms with Crippen molar-refractivity contribution < 1.29 is 43.2 Å². The van der Waals surface area contributed by atoms with Crippen molar-refractivity contribution in [3.8, 4) is 0 Å². The number of rotatable bonds is 11. The Hall–Kier alpha value is -1.67. The summed E-state index contributed by atoms with van der Waals surface area (Å²) in [5.41, 5.74) is -1.61. The van der Waals surface area contributed by atoms with Gasteiger partial charge in [-0.1, -0.05) is 0 Å². The zero-order valence-electron chi connectivity index (χ0n) is 17.6. The van der Waals surface area contributed by atoms with Gasteiger partial charge in [-0.3, -0.25) is 19.1 Å². The first-order valence-corrected chi connectivity index (χ1v) is 10.5. The van der Waals surface area contributed by atoms with Crippen molar-refractivity contribution in [2.45, 2.75) is 30.4 Å². The number of aliphatic carboxylic acids is 1. The Labute approximate surface area is 179 Å². The number of aliphatic hydroxyl groups is 2. The third-order valence-corrected chi connectivity index (χ3v) is 6.05. The van der Waals surface area contributed by atoms with E-state index in [2.05, 4.69) is 0 Å². The largest absolute Gasteiger partial charge is 0.480 e. The minimum Gasteiger partial charge on any atom is -0.480 e. The number of carboxylic acid groups (broad SMARTS) is 1. The van der Waals surface area contributed by atoms with Crippen molar-refractivity contribution in [1.82, 2.24) is 14.6 Å². The smallest absolute Gasteiger partial charge is 0.402 e. The Balaban J connectivity index is 3.32. The second-order valence-electron chi connectivity index (χ2n) is 7.29. The van der Waals surface area contributed by atoms with Gasteiger partial charge in [-0.2, -0.15) is 0 Å². The summed E-state index contributed by atoms with van der Waals surface area (Å²) in [4.78, 5) is 46.7. The fraction of sp³-hybridized carbons (Fsp3) is 0.583. The summed E-state index contributed by atoms with van der Waals surface area (Å²) in [5.74, 6) is -4.76. The Morgan fingerprint density at radius 2 is 1.90 bits per heavy atom. The van der Waals surface area contributed by atoms with E-state index in [4.69, 9.17) is 14.4 Å². The normalized spacial score (nSPS) is 18.0. The predicted octanol–water partition coefficient (Wildman–Crippen LogP) is -7.68. The van der Waals surface area contributed by atoms with E-state index >= 15 is 4.39 Å². The molecule has 1 aromatic heterocycles. The summed E-state index contributed by atoms with van der Waals surface area (Å²) < 4.78 is 38.5. The summed E-state index contributed by atoms with van der Waals surface area (Å²) in [6, 6.07) is -1.54. The molecule has 6 N–H and O–H groups in total. The molecule has 0 amide bonds. The summed E-state index contributed by atoms with van der Waals surface area (Å²) >= 11 is 0. The minimum absolute atomic E-state index is 0.0385. The van der Waals surface area contributed by atoms with Crippen LogP contribution in [0.5, 0.6) is 0 Å². The molecule has 1 rings (SSSR count). The van der Waals surface area contributed by atoms with E-state index in [0.717, 1.165) is 27.2 Å². The molecular weight excluding hydrogens is 439 g/mol. The SMILES string of the molecule is Bc1c(B)n(C(CO)O[C@@](F)(CO)C(B)(B)OP(=O)(O)NC(C)C(=O)O)c(=O)[nH]c1=O. The minimum atomic E-state index is -4.93. The van der Waals surface area contributed by atoms with E-state index < -0.39 is 61.7 Å². The lowest BCUT2D eigenvalue weighted by molar-refractivity contribution is -0.260. The standard InChI is InChI=1S/C12H23B4FN3O10P/c1-4(9(24)25)19-31(27,28)30-12(15,16)11(17,3-22)29-5(2-21)20-7(14)6(13)8(23)18-10(20)26/h4-5,21-22H,2-3,13-16H2,1H3,(H,24,25)(H,18,23,26)(H2,19,27,28)/t4?,5?,11-/m0/s1. The molecule has 170 valence electrons. The van der Waals surface area contributed by atoms with E-state index in [1.165, 1.54) is 15.7 Å². The van der Waals surface area contributed by atoms with E-state index in [9.17, 15) is 34.1 Å². The number of carbonyl (C=O) groups is 1. The second kappa shape index (κ2) is 9.86. The predicted molar refractivity (Wildman–Crippen MR) is 117 cm³/mol. The summed E-state index contributed by atoms with van der Waals surface area (Å²) in [6.07, 6.45) is -1.77. The van der Waals surface area contributed by atoms with Crippen LogP contribution < -0.4 is 27.4 Å². The van der Waals surface area contributed by atoms with Crippen LogP contribution in [0.15, 0.2) is 9.59 Å². The fourth-order valence-electron chi connectivity index (χ4n) is 2.56. The van der Waals surface area contributed by atoms with Gasteiger partial charge in [0.25, 0.3) is 0 Å². The van der Waals surface area contributed by atoms with Crippen LogP contribution in [-0.2, 0) is 18.6 Å². The second-order valence-corrected chi connectivity index (χ2v) is 8.77. The van der Waals surface area contributed by atoms with Gasteiger partial charge in [0.2, 0.25) is 11.4 Å². The highest BCUT2D eigenvalue weighted by atomic mass is 31.2. The molecule has 3 unspecified atom stereocenters. The molecule has 0 aliphatic rings. The van der Waals surface area contributed by atoms with Gasteiger partial charge < -0.3 is 29.5 Å². The number of hydrogen-bond donors (Lipinski definition) is 6. The summed E-state index contributed by atoms with van der Waals surface area (Å²) in [6.45, 7) is -1.39. The third kappa shape index (κ3) is 6.19. The van der Waals surface area contributed by atoms with Crippen LogP contribution in [0.1, 0.15) is 13.2 Å². The van der Waals surface area contributed by atoms with Crippen LogP contribution in [0.2, 0.25) is 0 Å². The summed E-state index contributed by atoms with van der Waals surface area (Å²) in [7, 11) is -0.350. The molecule has 0 saturated heterocycles. The highest BCUT2D eigenvalue weighted by molar-refractivity contribution is 7.50. The number of aromatic amines is 1. The van der Waals surface area contributed by atoms with E-state index in [1.807, 2.05) is 4.98 Å². The molecule has 0 aliphatic carbocycles. The zero-order chi connectivity index (χ0) is 24.4. The number of carboxylic acids is 1. The number of nitrogens with zero attached hydrogens (tertiary/aromatic N) is 1. The van der Waals surface area contributed by atoms with Crippen LogP contribution in [0.25, 0.3) is 0 Å². The number of nitrogens with one attached hydrogen (secondary N) is 2. The van der Waals surface area contributed by atoms with Crippen LogP contribution in [-0.4, -0.2) is 97.6 Å². The Morgan fingerprint density at radius 1 is 1.35 bits per heavy atom. The zero-order valence-corrected chi connectivity index (χ0v) is 18.5. The first kappa shape index (κ1) is 27.4. The van der Waals surface area contributed by atoms with E-state index in [-0.39, 0.29) is 11.1 Å². The molecule has 0 saturated carbocycles. The number of ether oxygens (including phenoxy) is 1. The molecule has 31 heavy (non-hydrogen) atoms. The Kier molecular flexibility index (Phi) is 8.70. The number of alkyl halides is 1. The lowest BCUT2D eigenvalue weighted by atomic mass is 9.61. The average molecular weight is 463 g/mol. The molecule has 0 fully saturated rings. The highest BCUT2D eigenvalue weighted by Crippen LogP contribution is 2.45. The van der Waals surface area contributed by atoms with Gasteiger partial charge in [0, 0.05) is 0 Å². The first-order valence-electron chi connectivity index (χ1n) is 8.96. The number of hydrogen-bond acceptors (Lipinski definition) is 8. The van der Waals surface area contributed by atoms with Crippen LogP contribution >= 0.6 is 7.75 Å². The van der Waals surface area contributed by atoms with Gasteiger partial charge in [-0.15, -0.1) is 0 Å². The monoisotopic (exact) mass is 463 g/mol. The average Bonchev–Trinajstić information content (AvgIpc) is 2.63. The molecule has 0 radical (unpaired) electrons. The lowest BCUT2D eigenvalue weighted by Crippen LogP contribution is -2.61. The maximum atomic E-state index is 15.6. The van der Waals surface area contributed by atoms with Gasteiger partial charge in [0.05, 0.1) is 12.0 Å². The van der Waals surface area contributed by atoms with Gasteiger partial charge >= 0.3 is 19.4 Å². The van der Waals surface area contributed by atoms with Crippen molar-refractivity contribution in [3.05, 3.63) is 20.8 Å². The number of aliphatic hydroxyl groups excluding tert-OH is 2. The molecule has 19 heteroatoms. The molecule has 1 heterocycles. The van der Waals surface area contributed by atoms with Gasteiger partial charge in [0.15, 0.2) is 14.1 Å². The Morgan fingerprint density at radius 3 is 2.35 bits per heavy atom. The van der Waals surface area contributed by atoms with Gasteiger partial charge in [-0.05, 0) is 18.0 Å². The quantitative estimate of drug-likeness (QED) is 0.135. The molecule has 0 aromatic carbocycles. The van der Waals surface area contributed by atoms with E-state index in [0.29, 0.717) is 0 Å². The molecule has 13 nitrogen and oxygen atoms in total. The van der Waals surface area contributed by atoms with Crippen LogP contribution in [0.3, 0.4) is 0 Å². The maximum Gasteiger partial charge on any atom is 0.402 e. The molecule has 1 aromatic rings. The molecule has 4 atom stereocenters. The Bertz CT molecular complexity index is 990. The first-order chi connectivity index (χ1) is 14.0. The van der Waals surface area contributed by atoms with E-state index in [1.54, 1.807) is 5.09 Å². The summed E-state index contributed by atoms with van der Waals surface area (Å²) in [5, 5.41) is 27.5. The van der Waals surface area contributed by atoms with Crippen LogP contribution in [0, 0.1) is 0 Å². The van der Waals surface area contributed by atoms with Crippen molar-refractivity contribution in [2.75, 3.05) is 13.2 Å². The molecule has 0 bridgehead atoms. The number of aromatic nitrogens is 2. The molecule has 0 aliphatic heterocycles. The lowest BCUT2D eigenvalue weighted by Gasteiger charge is -2.42. The molecule has 0 spiro atoms. The van der Waals surface area contributed by atoms with Crippen LogP contribution in [0.4, 0.5) is 4.39 Å². The van der Waals surface area contributed by atoms with Crippen molar-refractivity contribution >= 4 is 56.2 Å². The van der Waals surface area contributed by atoms with Gasteiger partial charge in [0.1, 0.15) is 36.2 Å². The fourth-order valence-corrected chi connectivity index (χ4v) is 3.96. The van der Waals surface area contributed by atoms with Gasteiger partial charge in [-0.25, -0.2) is 18.8 Å².